The lowest BCUT2D eigenvalue weighted by Crippen LogP contribution is -2.30. The lowest BCUT2D eigenvalue weighted by Gasteiger charge is -2.21. The number of hydrogen-bond acceptors (Lipinski definition) is 2. The molecule has 1 heterocycles. The van der Waals surface area contributed by atoms with Gasteiger partial charge in [-0.2, -0.15) is 0 Å². The number of nitrogens with one attached hydrogen (secondary N) is 1. The van der Waals surface area contributed by atoms with Crippen LogP contribution in [0.5, 0.6) is 0 Å². The number of carbonyl (C=O) groups is 1. The lowest BCUT2D eigenvalue weighted by molar-refractivity contribution is -0.124. The Morgan fingerprint density at radius 3 is 2.67 bits per heavy atom. The van der Waals surface area contributed by atoms with Crippen molar-refractivity contribution in [3.05, 3.63) is 23.9 Å². The minimum Gasteiger partial charge on any atom is -0.310 e. The average Bonchev–Trinajstić information content (AvgIpc) is 2.17. The van der Waals surface area contributed by atoms with E-state index < -0.39 is 0 Å². The van der Waals surface area contributed by atoms with E-state index in [1.54, 1.807) is 6.07 Å². The summed E-state index contributed by atoms with van der Waals surface area (Å²) in [6.07, 6.45) is 0.810. The largest absolute Gasteiger partial charge is 0.310 e. The molecule has 0 aliphatic rings. The molecule has 0 radical (unpaired) electrons. The molecule has 1 rings (SSSR count). The Morgan fingerprint density at radius 2 is 2.13 bits per heavy atom. The number of aryl methyl sites for hydroxylation is 1. The highest BCUT2D eigenvalue weighted by Gasteiger charge is 2.25. The van der Waals surface area contributed by atoms with Crippen molar-refractivity contribution in [3.8, 4) is 0 Å². The van der Waals surface area contributed by atoms with Gasteiger partial charge in [0, 0.05) is 11.1 Å². The zero-order valence-corrected chi connectivity index (χ0v) is 9.79. The lowest BCUT2D eigenvalue weighted by atomic mass is 9.89. The Morgan fingerprint density at radius 1 is 1.47 bits per heavy atom. The molecule has 1 N–H and O–H groups in total. The van der Waals surface area contributed by atoms with Gasteiger partial charge in [-0.25, -0.2) is 4.98 Å². The van der Waals surface area contributed by atoms with E-state index in [0.29, 0.717) is 5.82 Å². The van der Waals surface area contributed by atoms with Gasteiger partial charge in [0.1, 0.15) is 5.82 Å². The van der Waals surface area contributed by atoms with Gasteiger partial charge < -0.3 is 5.32 Å². The summed E-state index contributed by atoms with van der Waals surface area (Å²) < 4.78 is 0. The van der Waals surface area contributed by atoms with E-state index in [4.69, 9.17) is 0 Å². The number of aromatic nitrogens is 1. The average molecular weight is 206 g/mol. The summed E-state index contributed by atoms with van der Waals surface area (Å²) in [5, 5.41) is 2.82. The van der Waals surface area contributed by atoms with Crippen LogP contribution in [0, 0.1) is 12.3 Å². The number of amides is 1. The predicted molar refractivity (Wildman–Crippen MR) is 61.7 cm³/mol. The quantitative estimate of drug-likeness (QED) is 0.826. The first-order valence-corrected chi connectivity index (χ1v) is 5.21. The summed E-state index contributed by atoms with van der Waals surface area (Å²) in [5.74, 6) is 0.643. The van der Waals surface area contributed by atoms with Crippen LogP contribution in [-0.4, -0.2) is 10.9 Å². The molecule has 0 unspecified atom stereocenters. The van der Waals surface area contributed by atoms with Gasteiger partial charge >= 0.3 is 0 Å². The molecule has 3 heteroatoms. The fraction of sp³-hybridized carbons (Fsp3) is 0.500. The topological polar surface area (TPSA) is 42.0 Å². The van der Waals surface area contributed by atoms with Crippen molar-refractivity contribution in [1.29, 1.82) is 0 Å². The number of hydrogen-bond donors (Lipinski definition) is 1. The number of anilines is 1. The van der Waals surface area contributed by atoms with E-state index in [2.05, 4.69) is 10.3 Å². The third kappa shape index (κ3) is 3.05. The number of carbonyl (C=O) groups excluding carboxylic acids is 1. The van der Waals surface area contributed by atoms with Gasteiger partial charge in [-0.15, -0.1) is 0 Å². The molecule has 1 aromatic rings. The Bertz CT molecular complexity index is 358. The van der Waals surface area contributed by atoms with E-state index in [-0.39, 0.29) is 11.3 Å². The Kier molecular flexibility index (Phi) is 3.45. The first-order chi connectivity index (χ1) is 6.95. The van der Waals surface area contributed by atoms with Crippen LogP contribution >= 0.6 is 0 Å². The van der Waals surface area contributed by atoms with Crippen LogP contribution in [0.2, 0.25) is 0 Å². The molecule has 0 aliphatic carbocycles. The summed E-state index contributed by atoms with van der Waals surface area (Å²) in [4.78, 5) is 16.1. The van der Waals surface area contributed by atoms with Crippen molar-refractivity contribution in [3.63, 3.8) is 0 Å². The summed E-state index contributed by atoms with van der Waals surface area (Å²) in [6.45, 7) is 7.76. The minimum absolute atomic E-state index is 0.0168. The fourth-order valence-corrected chi connectivity index (χ4v) is 1.06. The fourth-order valence-electron chi connectivity index (χ4n) is 1.06. The second kappa shape index (κ2) is 4.43. The van der Waals surface area contributed by atoms with Crippen LogP contribution in [0.4, 0.5) is 5.82 Å². The Balaban J connectivity index is 2.75. The van der Waals surface area contributed by atoms with Crippen molar-refractivity contribution in [2.24, 2.45) is 5.41 Å². The molecule has 0 bridgehead atoms. The zero-order chi connectivity index (χ0) is 11.5. The number of pyridine rings is 1. The van der Waals surface area contributed by atoms with Crippen molar-refractivity contribution in [2.75, 3.05) is 5.32 Å². The van der Waals surface area contributed by atoms with Crippen LogP contribution in [0.25, 0.3) is 0 Å². The van der Waals surface area contributed by atoms with Gasteiger partial charge in [-0.1, -0.05) is 26.8 Å². The molecule has 82 valence electrons. The first-order valence-electron chi connectivity index (χ1n) is 5.21. The van der Waals surface area contributed by atoms with E-state index in [9.17, 15) is 4.79 Å². The highest BCUT2D eigenvalue weighted by atomic mass is 16.2. The zero-order valence-electron chi connectivity index (χ0n) is 9.79. The van der Waals surface area contributed by atoms with Crippen LogP contribution in [0.1, 0.15) is 32.9 Å². The monoisotopic (exact) mass is 206 g/mol. The van der Waals surface area contributed by atoms with Gasteiger partial charge in [0.2, 0.25) is 5.91 Å². The van der Waals surface area contributed by atoms with Gasteiger partial charge in [-0.3, -0.25) is 4.79 Å². The third-order valence-electron chi connectivity index (χ3n) is 2.63. The summed E-state index contributed by atoms with van der Waals surface area (Å²) in [6, 6.07) is 5.59. The molecule has 3 nitrogen and oxygen atoms in total. The maximum Gasteiger partial charge on any atom is 0.231 e. The minimum atomic E-state index is -0.342. The summed E-state index contributed by atoms with van der Waals surface area (Å²) >= 11 is 0. The highest BCUT2D eigenvalue weighted by molar-refractivity contribution is 5.93. The maximum atomic E-state index is 11.8. The third-order valence-corrected chi connectivity index (χ3v) is 2.63. The van der Waals surface area contributed by atoms with Gasteiger partial charge in [0.15, 0.2) is 0 Å². The second-order valence-electron chi connectivity index (χ2n) is 4.36. The van der Waals surface area contributed by atoms with Crippen LogP contribution in [-0.2, 0) is 4.79 Å². The normalized spacial score (nSPS) is 11.2. The molecule has 1 aromatic heterocycles. The van der Waals surface area contributed by atoms with Crippen molar-refractivity contribution < 1.29 is 4.79 Å². The molecule has 0 fully saturated rings. The van der Waals surface area contributed by atoms with E-state index >= 15 is 0 Å². The SMILES string of the molecule is CCC(C)(C)C(=O)Nc1cccc(C)n1. The summed E-state index contributed by atoms with van der Waals surface area (Å²) in [7, 11) is 0. The molecule has 0 saturated carbocycles. The number of rotatable bonds is 3. The summed E-state index contributed by atoms with van der Waals surface area (Å²) in [5.41, 5.74) is 0.563. The maximum absolute atomic E-state index is 11.8. The molecule has 0 saturated heterocycles. The molecule has 1 amide bonds. The molecule has 0 atom stereocenters. The molecule has 0 aromatic carbocycles. The first kappa shape index (κ1) is 11.7. The van der Waals surface area contributed by atoms with Crippen molar-refractivity contribution in [2.45, 2.75) is 34.1 Å². The van der Waals surface area contributed by atoms with Crippen LogP contribution < -0.4 is 5.32 Å². The van der Waals surface area contributed by atoms with E-state index in [0.717, 1.165) is 12.1 Å². The molecule has 0 aliphatic heterocycles. The standard InChI is InChI=1S/C12H18N2O/c1-5-12(3,4)11(15)14-10-8-6-7-9(2)13-10/h6-8H,5H2,1-4H3,(H,13,14,15). The molecule has 15 heavy (non-hydrogen) atoms. The highest BCUT2D eigenvalue weighted by Crippen LogP contribution is 2.21. The second-order valence-corrected chi connectivity index (χ2v) is 4.36. The Labute approximate surface area is 90.9 Å². The molecular formula is C12H18N2O. The van der Waals surface area contributed by atoms with Gasteiger partial charge in [-0.05, 0) is 25.5 Å². The van der Waals surface area contributed by atoms with Crippen LogP contribution in [0.15, 0.2) is 18.2 Å². The number of nitrogens with zero attached hydrogens (tertiary/aromatic N) is 1. The van der Waals surface area contributed by atoms with E-state index in [1.165, 1.54) is 0 Å². The van der Waals surface area contributed by atoms with E-state index in [1.807, 2.05) is 39.8 Å². The predicted octanol–water partition coefficient (Wildman–Crippen LogP) is 2.76. The van der Waals surface area contributed by atoms with Gasteiger partial charge in [0.25, 0.3) is 0 Å². The smallest absolute Gasteiger partial charge is 0.231 e. The van der Waals surface area contributed by atoms with Crippen molar-refractivity contribution >= 4 is 11.7 Å². The van der Waals surface area contributed by atoms with Crippen LogP contribution in [0.3, 0.4) is 0 Å². The van der Waals surface area contributed by atoms with Crippen molar-refractivity contribution in [1.82, 2.24) is 4.98 Å². The molecule has 0 spiro atoms. The molecular weight excluding hydrogens is 188 g/mol. The Hall–Kier alpha value is -1.38. The van der Waals surface area contributed by atoms with Gasteiger partial charge in [0.05, 0.1) is 0 Å².